The van der Waals surface area contributed by atoms with Gasteiger partial charge in [0.25, 0.3) is 0 Å². The maximum absolute atomic E-state index is 10.4. The molecule has 84 valence electrons. The summed E-state index contributed by atoms with van der Waals surface area (Å²) in [6.45, 7) is 6.35. The number of benzene rings is 1. The van der Waals surface area contributed by atoms with Crippen LogP contribution in [-0.2, 0) is 9.53 Å². The van der Waals surface area contributed by atoms with Gasteiger partial charge in [-0.15, -0.1) is 0 Å². The molecule has 0 saturated carbocycles. The van der Waals surface area contributed by atoms with Gasteiger partial charge in [0.1, 0.15) is 0 Å². The molecule has 0 amide bonds. The second kappa shape index (κ2) is 9.25. The fourth-order valence-corrected chi connectivity index (χ4v) is 0.972. The molecule has 1 rings (SSSR count). The van der Waals surface area contributed by atoms with E-state index in [0.29, 0.717) is 13.0 Å². The Labute approximate surface area is 92.3 Å². The molecule has 0 aliphatic carbocycles. The first-order valence-corrected chi connectivity index (χ1v) is 5.38. The highest BCUT2D eigenvalue weighted by molar-refractivity contribution is 5.69. The maximum atomic E-state index is 10.4. The van der Waals surface area contributed by atoms with Crippen molar-refractivity contribution in [3.8, 4) is 0 Å². The Bertz CT molecular complexity index is 246. The smallest absolute Gasteiger partial charge is 0.305 e. The zero-order valence-corrected chi connectivity index (χ0v) is 9.82. The number of aryl methyl sites for hydroxylation is 1. The number of hydrogen-bond acceptors (Lipinski definition) is 2. The Balaban J connectivity index is 0.000000262. The first kappa shape index (κ1) is 13.7. The molecule has 0 aliphatic rings. The molecule has 0 atom stereocenters. The van der Waals surface area contributed by atoms with Crippen LogP contribution in [0, 0.1) is 6.92 Å². The summed E-state index contributed by atoms with van der Waals surface area (Å²) in [7, 11) is 0. The lowest BCUT2D eigenvalue weighted by Gasteiger charge is -1.96. The highest BCUT2D eigenvalue weighted by Crippen LogP contribution is 1.92. The zero-order chi connectivity index (χ0) is 11.5. The highest BCUT2D eigenvalue weighted by Gasteiger charge is 1.95. The minimum atomic E-state index is -0.0880. The van der Waals surface area contributed by atoms with Crippen molar-refractivity contribution in [1.82, 2.24) is 0 Å². The summed E-state index contributed by atoms with van der Waals surface area (Å²) < 4.78 is 4.64. The molecule has 0 radical (unpaired) electrons. The SMILES string of the molecule is CCCC(=O)OCC.Cc1ccccc1. The minimum Gasteiger partial charge on any atom is -0.466 e. The Kier molecular flexibility index (Phi) is 8.44. The van der Waals surface area contributed by atoms with Gasteiger partial charge in [0.15, 0.2) is 0 Å². The topological polar surface area (TPSA) is 26.3 Å². The van der Waals surface area contributed by atoms with Crippen molar-refractivity contribution in [2.75, 3.05) is 6.61 Å². The monoisotopic (exact) mass is 208 g/mol. The quantitative estimate of drug-likeness (QED) is 0.712. The third-order valence-corrected chi connectivity index (χ3v) is 1.70. The van der Waals surface area contributed by atoms with Crippen molar-refractivity contribution in [2.45, 2.75) is 33.6 Å². The molecule has 0 saturated heterocycles. The highest BCUT2D eigenvalue weighted by atomic mass is 16.5. The summed E-state index contributed by atoms with van der Waals surface area (Å²) in [5.74, 6) is -0.0880. The molecule has 0 unspecified atom stereocenters. The van der Waals surface area contributed by atoms with Crippen molar-refractivity contribution in [3.63, 3.8) is 0 Å². The van der Waals surface area contributed by atoms with Gasteiger partial charge in [-0.05, 0) is 20.3 Å². The summed E-state index contributed by atoms with van der Waals surface area (Å²) >= 11 is 0. The van der Waals surface area contributed by atoms with E-state index in [1.165, 1.54) is 5.56 Å². The molecule has 0 heterocycles. The van der Waals surface area contributed by atoms with Crippen molar-refractivity contribution < 1.29 is 9.53 Å². The third-order valence-electron chi connectivity index (χ3n) is 1.70. The van der Waals surface area contributed by atoms with Crippen LogP contribution < -0.4 is 0 Å². The van der Waals surface area contributed by atoms with Crippen molar-refractivity contribution in [3.05, 3.63) is 35.9 Å². The van der Waals surface area contributed by atoms with Gasteiger partial charge in [-0.3, -0.25) is 4.79 Å². The van der Waals surface area contributed by atoms with Crippen LogP contribution in [0.15, 0.2) is 30.3 Å². The van der Waals surface area contributed by atoms with Crippen LogP contribution in [0.4, 0.5) is 0 Å². The molecular formula is C13H20O2. The van der Waals surface area contributed by atoms with Gasteiger partial charge in [-0.1, -0.05) is 42.8 Å². The molecule has 2 heteroatoms. The molecular weight excluding hydrogens is 188 g/mol. The summed E-state index contributed by atoms with van der Waals surface area (Å²) in [4.78, 5) is 10.4. The third kappa shape index (κ3) is 9.01. The van der Waals surface area contributed by atoms with Crippen molar-refractivity contribution in [2.24, 2.45) is 0 Å². The molecule has 0 aromatic heterocycles. The van der Waals surface area contributed by atoms with Crippen LogP contribution in [0.5, 0.6) is 0 Å². The number of carbonyl (C=O) groups is 1. The van der Waals surface area contributed by atoms with Gasteiger partial charge in [0, 0.05) is 6.42 Å². The second-order valence-corrected chi connectivity index (χ2v) is 3.21. The lowest BCUT2D eigenvalue weighted by Crippen LogP contribution is -2.01. The average molecular weight is 208 g/mol. The van der Waals surface area contributed by atoms with Gasteiger partial charge in [0.2, 0.25) is 0 Å². The number of esters is 1. The van der Waals surface area contributed by atoms with Gasteiger partial charge in [-0.25, -0.2) is 0 Å². The minimum absolute atomic E-state index is 0.0880. The molecule has 1 aromatic carbocycles. The van der Waals surface area contributed by atoms with Gasteiger partial charge in [-0.2, -0.15) is 0 Å². The number of carbonyl (C=O) groups excluding carboxylic acids is 1. The van der Waals surface area contributed by atoms with Crippen LogP contribution in [0.1, 0.15) is 32.3 Å². The predicted molar refractivity (Wildman–Crippen MR) is 62.7 cm³/mol. The molecule has 1 aromatic rings. The summed E-state index contributed by atoms with van der Waals surface area (Å²) in [5, 5.41) is 0. The Hall–Kier alpha value is -1.31. The normalized spacial score (nSPS) is 8.73. The van der Waals surface area contributed by atoms with Gasteiger partial charge >= 0.3 is 5.97 Å². The number of hydrogen-bond donors (Lipinski definition) is 0. The van der Waals surface area contributed by atoms with Crippen molar-refractivity contribution >= 4 is 5.97 Å². The van der Waals surface area contributed by atoms with E-state index in [9.17, 15) is 4.79 Å². The summed E-state index contributed by atoms with van der Waals surface area (Å²) in [5.41, 5.74) is 1.32. The summed E-state index contributed by atoms with van der Waals surface area (Å²) in [6, 6.07) is 10.3. The van der Waals surface area contributed by atoms with E-state index in [-0.39, 0.29) is 5.97 Å². The van der Waals surface area contributed by atoms with E-state index in [2.05, 4.69) is 23.8 Å². The Morgan fingerprint density at radius 1 is 1.20 bits per heavy atom. The average Bonchev–Trinajstić information content (AvgIpc) is 2.20. The molecule has 0 spiro atoms. The van der Waals surface area contributed by atoms with E-state index in [1.807, 2.05) is 32.0 Å². The lowest BCUT2D eigenvalue weighted by molar-refractivity contribution is -0.143. The van der Waals surface area contributed by atoms with E-state index in [0.717, 1.165) is 6.42 Å². The van der Waals surface area contributed by atoms with E-state index < -0.39 is 0 Å². The molecule has 2 nitrogen and oxygen atoms in total. The predicted octanol–water partition coefficient (Wildman–Crippen LogP) is 3.34. The molecule has 0 N–H and O–H groups in total. The molecule has 0 aliphatic heterocycles. The lowest BCUT2D eigenvalue weighted by atomic mass is 10.2. The molecule has 0 fully saturated rings. The van der Waals surface area contributed by atoms with E-state index >= 15 is 0 Å². The second-order valence-electron chi connectivity index (χ2n) is 3.21. The van der Waals surface area contributed by atoms with Gasteiger partial charge < -0.3 is 4.74 Å². The van der Waals surface area contributed by atoms with Gasteiger partial charge in [0.05, 0.1) is 6.61 Å². The number of rotatable bonds is 3. The van der Waals surface area contributed by atoms with Crippen LogP contribution in [0.2, 0.25) is 0 Å². The Morgan fingerprint density at radius 3 is 2.13 bits per heavy atom. The fourth-order valence-electron chi connectivity index (χ4n) is 0.972. The molecule has 15 heavy (non-hydrogen) atoms. The maximum Gasteiger partial charge on any atom is 0.305 e. The first-order chi connectivity index (χ1) is 7.20. The van der Waals surface area contributed by atoms with Crippen molar-refractivity contribution in [1.29, 1.82) is 0 Å². The molecule has 0 bridgehead atoms. The van der Waals surface area contributed by atoms with E-state index in [1.54, 1.807) is 0 Å². The van der Waals surface area contributed by atoms with E-state index in [4.69, 9.17) is 0 Å². The van der Waals surface area contributed by atoms with Crippen LogP contribution in [0.3, 0.4) is 0 Å². The zero-order valence-electron chi connectivity index (χ0n) is 9.82. The first-order valence-electron chi connectivity index (χ1n) is 5.38. The van der Waals surface area contributed by atoms with Crippen LogP contribution in [0.25, 0.3) is 0 Å². The van der Waals surface area contributed by atoms with Crippen LogP contribution >= 0.6 is 0 Å². The largest absolute Gasteiger partial charge is 0.466 e. The Morgan fingerprint density at radius 2 is 1.80 bits per heavy atom. The van der Waals surface area contributed by atoms with Crippen LogP contribution in [-0.4, -0.2) is 12.6 Å². The summed E-state index contributed by atoms with van der Waals surface area (Å²) in [6.07, 6.45) is 1.42. The standard InChI is InChI=1S/C7H8.C6H12O2/c1-7-5-3-2-4-6-7;1-3-5-6(7)8-4-2/h2-6H,1H3;3-5H2,1-2H3. The number of ether oxygens (including phenoxy) is 1. The fraction of sp³-hybridized carbons (Fsp3) is 0.462.